The van der Waals surface area contributed by atoms with Crippen molar-refractivity contribution in [3.8, 4) is 0 Å². The number of ketones is 1. The van der Waals surface area contributed by atoms with E-state index in [9.17, 15) is 31.9 Å². The molecule has 396 valence electrons. The number of Topliss-reactive ketones (excluding diaryl/α,β-unsaturated/α-hetero) is 1. The number of benzene rings is 5. The average Bonchev–Trinajstić information content (AvgIpc) is 4.19. The third-order valence-corrected chi connectivity index (χ3v) is 17.6. The highest BCUT2D eigenvalue weighted by molar-refractivity contribution is 9.10. The Labute approximate surface area is 464 Å². The summed E-state index contributed by atoms with van der Waals surface area (Å²) in [4.78, 5) is 34.8. The van der Waals surface area contributed by atoms with Crippen molar-refractivity contribution in [2.24, 2.45) is 0 Å². The molecule has 1 saturated heterocycles. The van der Waals surface area contributed by atoms with Crippen LogP contribution in [0.4, 0.5) is 22.0 Å². The number of halogens is 7. The summed E-state index contributed by atoms with van der Waals surface area (Å²) < 4.78 is 77.9. The third kappa shape index (κ3) is 14.2. The Morgan fingerprint density at radius 1 is 0.613 bits per heavy atom. The second kappa shape index (κ2) is 24.9. The second-order valence-electron chi connectivity index (χ2n) is 17.9. The third-order valence-electron chi connectivity index (χ3n) is 12.1. The topological polar surface area (TPSA) is 114 Å². The van der Waals surface area contributed by atoms with Gasteiger partial charge in [0.05, 0.1) is 104 Å². The molecule has 10 aromatic rings. The van der Waals surface area contributed by atoms with Crippen molar-refractivity contribution < 1.29 is 36.6 Å². The number of aromatic nitrogens is 5. The van der Waals surface area contributed by atoms with Crippen LogP contribution in [0.1, 0.15) is 111 Å². The van der Waals surface area contributed by atoms with Crippen LogP contribution in [0.2, 0.25) is 0 Å². The molecule has 5 aromatic heterocycles. The molecular weight excluding hydrogens is 1150 g/mol. The Hall–Kier alpha value is -4.48. The zero-order chi connectivity index (χ0) is 54.7. The van der Waals surface area contributed by atoms with Crippen molar-refractivity contribution in [2.45, 2.75) is 105 Å². The van der Waals surface area contributed by atoms with Crippen molar-refractivity contribution in [1.29, 1.82) is 0 Å². The van der Waals surface area contributed by atoms with Crippen LogP contribution in [0.3, 0.4) is 0 Å². The summed E-state index contributed by atoms with van der Waals surface area (Å²) >= 11 is 16.4. The zero-order valence-corrected chi connectivity index (χ0v) is 49.1. The molecule has 21 heteroatoms. The number of rotatable bonds is 6. The van der Waals surface area contributed by atoms with Crippen LogP contribution in [0.25, 0.3) is 51.1 Å². The van der Waals surface area contributed by atoms with E-state index in [4.69, 9.17) is 16.3 Å². The standard InChI is InChI=1S/C16H21FN2OS.C10H9ClFNS.C10H10FNOS.C10H8FNOS.C8H5BrFNS/c1-9-5-12(20-4)8-19(9)10(2)13-6-15-16(7-14(13)17)21-11(3)18-15;1-5(11)7-3-9-10(4-8(7)12)14-6(2)13-9;2*1-5(13)7-3-9-10(4-8(7)11)14-6(2)12-9;1-4-11-7-2-5(9)6(10)3-8(7)12-4/h6-7,9-10,12H,5,8H2,1-4H3;3-5H,1-2H3;3-5,13H,1-2H3;3-4H,1-2H3;2-3H,1H3/t9-,10-,12+;2*5-;;/m010../s1. The van der Waals surface area contributed by atoms with Gasteiger partial charge in [-0.25, -0.2) is 46.9 Å². The van der Waals surface area contributed by atoms with Crippen LogP contribution >= 0.6 is 84.2 Å². The van der Waals surface area contributed by atoms with Gasteiger partial charge in [0.25, 0.3) is 0 Å². The minimum Gasteiger partial charge on any atom is -0.389 e. The van der Waals surface area contributed by atoms with Crippen molar-refractivity contribution in [3.63, 3.8) is 0 Å². The first kappa shape index (κ1) is 58.2. The Balaban J connectivity index is 0.000000139. The molecule has 5 aromatic carbocycles. The van der Waals surface area contributed by atoms with E-state index in [2.05, 4.69) is 59.6 Å². The van der Waals surface area contributed by atoms with E-state index in [0.717, 1.165) is 89.1 Å². The van der Waals surface area contributed by atoms with E-state index >= 15 is 0 Å². The Morgan fingerprint density at radius 2 is 0.973 bits per heavy atom. The number of fused-ring (bicyclic) bond motifs is 5. The van der Waals surface area contributed by atoms with Crippen LogP contribution in [0, 0.1) is 63.7 Å². The van der Waals surface area contributed by atoms with Gasteiger partial charge in [-0.1, -0.05) is 0 Å². The zero-order valence-electron chi connectivity index (χ0n) is 42.7. The number of ether oxygens (including phenoxy) is 1. The number of likely N-dealkylation sites (tertiary alicyclic amines) is 1. The Morgan fingerprint density at radius 3 is 1.37 bits per heavy atom. The lowest BCUT2D eigenvalue weighted by molar-refractivity contribution is 0.101. The predicted molar refractivity (Wildman–Crippen MR) is 304 cm³/mol. The van der Waals surface area contributed by atoms with Crippen molar-refractivity contribution in [2.75, 3.05) is 13.7 Å². The highest BCUT2D eigenvalue weighted by Gasteiger charge is 2.34. The van der Waals surface area contributed by atoms with Crippen LogP contribution in [-0.2, 0) is 4.74 Å². The molecule has 0 spiro atoms. The number of carbonyl (C=O) groups is 1. The first-order chi connectivity index (χ1) is 35.4. The van der Waals surface area contributed by atoms with Gasteiger partial charge >= 0.3 is 0 Å². The molecule has 5 atom stereocenters. The van der Waals surface area contributed by atoms with Crippen LogP contribution in [0.15, 0.2) is 65.1 Å². The molecule has 1 fully saturated rings. The van der Waals surface area contributed by atoms with E-state index in [1.165, 1.54) is 93.9 Å². The largest absolute Gasteiger partial charge is 0.389 e. The Bertz CT molecular complexity index is 3540. The number of aliphatic hydroxyl groups is 1. The lowest BCUT2D eigenvalue weighted by Crippen LogP contribution is -2.31. The van der Waals surface area contributed by atoms with E-state index in [0.29, 0.717) is 27.2 Å². The number of aryl methyl sites for hydroxylation is 5. The number of nitrogens with zero attached hydrogens (tertiary/aromatic N) is 6. The lowest BCUT2D eigenvalue weighted by atomic mass is 10.0. The lowest BCUT2D eigenvalue weighted by Gasteiger charge is -2.29. The highest BCUT2D eigenvalue weighted by Crippen LogP contribution is 2.35. The average molecular weight is 1200 g/mol. The number of alkyl halides is 1. The quantitative estimate of drug-likeness (QED) is 0.0987. The molecular formula is C54H53BrClF5N6O3S5. The maximum Gasteiger partial charge on any atom is 0.162 e. The van der Waals surface area contributed by atoms with Gasteiger partial charge in [0.1, 0.15) is 29.1 Å². The summed E-state index contributed by atoms with van der Waals surface area (Å²) in [5, 5.41) is 13.6. The van der Waals surface area contributed by atoms with Gasteiger partial charge in [-0.2, -0.15) is 0 Å². The fraction of sp³-hybridized carbons (Fsp3) is 0.333. The molecule has 0 unspecified atom stereocenters. The molecule has 6 heterocycles. The van der Waals surface area contributed by atoms with Gasteiger partial charge in [-0.05, 0) is 152 Å². The smallest absolute Gasteiger partial charge is 0.162 e. The summed E-state index contributed by atoms with van der Waals surface area (Å²) in [5.74, 6) is -1.71. The fourth-order valence-electron chi connectivity index (χ4n) is 8.45. The molecule has 0 saturated carbocycles. The molecule has 1 N–H and O–H groups in total. The predicted octanol–water partition coefficient (Wildman–Crippen LogP) is 17.2. The van der Waals surface area contributed by atoms with Gasteiger partial charge in [0, 0.05) is 42.4 Å². The van der Waals surface area contributed by atoms with Gasteiger partial charge in [-0.3, -0.25) is 9.69 Å². The normalized spacial score (nSPS) is 15.7. The number of hydrogen-bond donors (Lipinski definition) is 1. The minimum absolute atomic E-state index is 0.0338. The number of carbonyl (C=O) groups excluding carboxylic acids is 1. The molecule has 0 aliphatic carbocycles. The Kier molecular flexibility index (Phi) is 19.3. The van der Waals surface area contributed by atoms with E-state index in [1.807, 2.05) is 40.7 Å². The van der Waals surface area contributed by atoms with Gasteiger partial charge in [0.15, 0.2) is 5.78 Å². The van der Waals surface area contributed by atoms with Crippen LogP contribution in [-0.4, -0.2) is 66.5 Å². The molecule has 1 aliphatic rings. The highest BCUT2D eigenvalue weighted by atomic mass is 79.9. The first-order valence-electron chi connectivity index (χ1n) is 23.5. The molecule has 11 rings (SSSR count). The number of methoxy groups -OCH3 is 1. The van der Waals surface area contributed by atoms with E-state index in [1.54, 1.807) is 45.2 Å². The van der Waals surface area contributed by atoms with E-state index in [-0.39, 0.29) is 52.1 Å². The summed E-state index contributed by atoms with van der Waals surface area (Å²) in [6.07, 6.45) is 0.456. The molecule has 0 radical (unpaired) electrons. The number of thiazole rings is 5. The van der Waals surface area contributed by atoms with Crippen LogP contribution < -0.4 is 0 Å². The fourth-order valence-corrected chi connectivity index (χ4v) is 13.1. The summed E-state index contributed by atoms with van der Waals surface area (Å²) in [6.45, 7) is 19.3. The SMILES string of the molecule is CC(=O)c1cc2nc(C)sc2cc1F.CO[C@@H]1C[C@H](C)N([C@@H](C)c2cc3nc(C)sc3cc2F)C1.Cc1nc2cc(Br)c(F)cc2s1.Cc1nc2cc([C@@H](C)Cl)c(F)cc2s1.Cc1nc2cc([C@H](C)O)c(F)cc2s1. The van der Waals surface area contributed by atoms with Gasteiger partial charge in [0.2, 0.25) is 0 Å². The molecule has 75 heavy (non-hydrogen) atoms. The van der Waals surface area contributed by atoms with Crippen molar-refractivity contribution >= 4 is 141 Å². The molecule has 0 amide bonds. The van der Waals surface area contributed by atoms with Gasteiger partial charge in [-0.15, -0.1) is 68.3 Å². The van der Waals surface area contributed by atoms with Crippen molar-refractivity contribution in [3.05, 3.63) is 142 Å². The second-order valence-corrected chi connectivity index (χ2v) is 25.6. The number of aliphatic hydroxyl groups excluding tert-OH is 1. The summed E-state index contributed by atoms with van der Waals surface area (Å²) in [7, 11) is 1.75. The number of hydrogen-bond acceptors (Lipinski definition) is 14. The maximum atomic E-state index is 14.5. The summed E-state index contributed by atoms with van der Waals surface area (Å²) in [5.41, 5.74) is 5.70. The van der Waals surface area contributed by atoms with Gasteiger partial charge < -0.3 is 9.84 Å². The van der Waals surface area contributed by atoms with E-state index < -0.39 is 11.9 Å². The molecule has 1 aliphatic heterocycles. The molecule has 0 bridgehead atoms. The minimum atomic E-state index is -0.790. The first-order valence-corrected chi connectivity index (χ1v) is 28.8. The monoisotopic (exact) mass is 1200 g/mol. The molecule has 9 nitrogen and oxygen atoms in total. The van der Waals surface area contributed by atoms with Crippen molar-refractivity contribution in [1.82, 2.24) is 29.8 Å². The van der Waals surface area contributed by atoms with Crippen LogP contribution in [0.5, 0.6) is 0 Å². The summed E-state index contributed by atoms with van der Waals surface area (Å²) in [6, 6.07) is 16.3. The maximum absolute atomic E-state index is 14.5.